The molecule has 0 aromatic carbocycles. The number of likely N-dealkylation sites (tertiary alicyclic amines) is 1. The number of hydrogen-bond acceptors (Lipinski definition) is 4. The van der Waals surface area contributed by atoms with Gasteiger partial charge in [0, 0.05) is 25.3 Å². The Labute approximate surface area is 125 Å². The van der Waals surface area contributed by atoms with Gasteiger partial charge in [0.25, 0.3) is 0 Å². The third kappa shape index (κ3) is 2.00. The summed E-state index contributed by atoms with van der Waals surface area (Å²) in [6.45, 7) is 4.32. The van der Waals surface area contributed by atoms with Crippen LogP contribution < -0.4 is 0 Å². The van der Waals surface area contributed by atoms with Crippen LogP contribution in [-0.4, -0.2) is 41.8 Å². The summed E-state index contributed by atoms with van der Waals surface area (Å²) in [5, 5.41) is 0. The van der Waals surface area contributed by atoms with Crippen molar-refractivity contribution < 1.29 is 19.1 Å². The molecule has 1 saturated heterocycles. The highest BCUT2D eigenvalue weighted by Gasteiger charge is 2.60. The first-order valence-corrected chi connectivity index (χ1v) is 7.70. The summed E-state index contributed by atoms with van der Waals surface area (Å²) in [4.78, 5) is 37.7. The van der Waals surface area contributed by atoms with Crippen molar-refractivity contribution in [1.29, 1.82) is 0 Å². The molecule has 3 rings (SSSR count). The molecule has 5 heteroatoms. The molecule has 2 aliphatic carbocycles. The minimum atomic E-state index is -0.436. The van der Waals surface area contributed by atoms with Crippen molar-refractivity contribution >= 4 is 17.7 Å². The quantitative estimate of drug-likeness (QED) is 0.727. The van der Waals surface area contributed by atoms with Crippen molar-refractivity contribution in [3.05, 3.63) is 0 Å². The molecule has 0 aromatic rings. The van der Waals surface area contributed by atoms with Crippen LogP contribution in [0.2, 0.25) is 0 Å². The molecule has 2 unspecified atom stereocenters. The minimum Gasteiger partial charge on any atom is -0.467 e. The van der Waals surface area contributed by atoms with Crippen LogP contribution >= 0.6 is 0 Å². The molecule has 116 valence electrons. The molecular formula is C16H23NO4. The van der Waals surface area contributed by atoms with E-state index < -0.39 is 6.04 Å². The summed E-state index contributed by atoms with van der Waals surface area (Å²) in [6, 6.07) is -0.374. The molecule has 3 aliphatic rings. The smallest absolute Gasteiger partial charge is 0.328 e. The fourth-order valence-electron chi connectivity index (χ4n) is 4.83. The minimum absolute atomic E-state index is 0.0434. The number of carbonyl (C=O) groups excluding carboxylic acids is 3. The molecule has 5 nitrogen and oxygen atoms in total. The molecule has 3 fully saturated rings. The average Bonchev–Trinajstić information content (AvgIpc) is 2.94. The van der Waals surface area contributed by atoms with Crippen molar-refractivity contribution in [2.45, 2.75) is 64.5 Å². The Bertz CT molecular complexity index is 494. The highest BCUT2D eigenvalue weighted by Crippen LogP contribution is 2.62. The number of ketones is 1. The third-order valence-electron chi connectivity index (χ3n) is 6.13. The Balaban J connectivity index is 1.84. The largest absolute Gasteiger partial charge is 0.467 e. The molecule has 0 aromatic heterocycles. The van der Waals surface area contributed by atoms with Crippen LogP contribution in [0.25, 0.3) is 0 Å². The molecule has 2 saturated carbocycles. The average molecular weight is 293 g/mol. The SMILES string of the molecule is COC(=O)C1CCC(=O)N1C1C[C@]2(C)CC(=O)C[C@]2(C)C1. The number of nitrogens with zero attached hydrogens (tertiary/aromatic N) is 1. The lowest BCUT2D eigenvalue weighted by molar-refractivity contribution is -0.151. The van der Waals surface area contributed by atoms with Crippen LogP contribution in [0.15, 0.2) is 0 Å². The molecule has 1 heterocycles. The number of Topliss-reactive ketones (excluding diaryl/α,β-unsaturated/α-hetero) is 1. The Kier molecular flexibility index (Phi) is 3.15. The number of rotatable bonds is 2. The van der Waals surface area contributed by atoms with Gasteiger partial charge in [0.05, 0.1) is 7.11 Å². The van der Waals surface area contributed by atoms with Crippen molar-refractivity contribution in [1.82, 2.24) is 4.90 Å². The zero-order valence-corrected chi connectivity index (χ0v) is 13.0. The molecule has 0 radical (unpaired) electrons. The topological polar surface area (TPSA) is 63.7 Å². The van der Waals surface area contributed by atoms with Crippen LogP contribution in [-0.2, 0) is 19.1 Å². The summed E-state index contributed by atoms with van der Waals surface area (Å²) in [5.74, 6) is 0.0638. The number of carbonyl (C=O) groups is 3. The Morgan fingerprint density at radius 3 is 2.29 bits per heavy atom. The molecule has 0 bridgehead atoms. The van der Waals surface area contributed by atoms with E-state index in [4.69, 9.17) is 4.74 Å². The van der Waals surface area contributed by atoms with Crippen LogP contribution in [0.3, 0.4) is 0 Å². The summed E-state index contributed by atoms with van der Waals surface area (Å²) in [7, 11) is 1.37. The van der Waals surface area contributed by atoms with E-state index in [0.717, 1.165) is 12.8 Å². The number of amides is 1. The first-order valence-electron chi connectivity index (χ1n) is 7.70. The fraction of sp³-hybridized carbons (Fsp3) is 0.812. The van der Waals surface area contributed by atoms with Gasteiger partial charge in [-0.2, -0.15) is 0 Å². The van der Waals surface area contributed by atoms with Gasteiger partial charge in [0.1, 0.15) is 11.8 Å². The van der Waals surface area contributed by atoms with Crippen molar-refractivity contribution in [2.75, 3.05) is 7.11 Å². The number of esters is 1. The normalized spacial score (nSPS) is 42.5. The lowest BCUT2D eigenvalue weighted by Crippen LogP contribution is -2.45. The van der Waals surface area contributed by atoms with Gasteiger partial charge in [-0.25, -0.2) is 4.79 Å². The lowest BCUT2D eigenvalue weighted by Gasteiger charge is -2.32. The monoisotopic (exact) mass is 293 g/mol. The third-order valence-corrected chi connectivity index (χ3v) is 6.13. The van der Waals surface area contributed by atoms with E-state index in [1.807, 2.05) is 0 Å². The van der Waals surface area contributed by atoms with Crippen molar-refractivity contribution in [2.24, 2.45) is 10.8 Å². The molecular weight excluding hydrogens is 270 g/mol. The summed E-state index contributed by atoms with van der Waals surface area (Å²) in [5.41, 5.74) is -0.0867. The van der Waals surface area contributed by atoms with E-state index in [0.29, 0.717) is 31.5 Å². The standard InChI is InChI=1S/C16H23NO4/c1-15-6-10(7-16(15,2)9-11(18)8-15)17-12(14(20)21-3)4-5-13(17)19/h10,12H,4-9H2,1-3H3/t10?,12?,15-,16+. The van der Waals surface area contributed by atoms with E-state index >= 15 is 0 Å². The maximum absolute atomic E-state index is 12.2. The molecule has 1 amide bonds. The number of fused-ring (bicyclic) bond motifs is 1. The van der Waals surface area contributed by atoms with Gasteiger partial charge in [-0.05, 0) is 30.1 Å². The van der Waals surface area contributed by atoms with Crippen LogP contribution in [0.1, 0.15) is 52.4 Å². The highest BCUT2D eigenvalue weighted by molar-refractivity contribution is 5.88. The molecule has 21 heavy (non-hydrogen) atoms. The lowest BCUT2D eigenvalue weighted by atomic mass is 9.71. The fourth-order valence-corrected chi connectivity index (χ4v) is 4.83. The van der Waals surface area contributed by atoms with E-state index in [2.05, 4.69) is 13.8 Å². The van der Waals surface area contributed by atoms with E-state index in [9.17, 15) is 14.4 Å². The van der Waals surface area contributed by atoms with E-state index in [-0.39, 0.29) is 28.7 Å². The summed E-state index contributed by atoms with van der Waals surface area (Å²) < 4.78 is 4.85. The molecule has 1 aliphatic heterocycles. The Morgan fingerprint density at radius 1 is 1.19 bits per heavy atom. The van der Waals surface area contributed by atoms with Gasteiger partial charge in [-0.15, -0.1) is 0 Å². The maximum Gasteiger partial charge on any atom is 0.328 e. The zero-order chi connectivity index (χ0) is 15.4. The molecule has 0 spiro atoms. The number of ether oxygens (including phenoxy) is 1. The van der Waals surface area contributed by atoms with Gasteiger partial charge in [0.15, 0.2) is 0 Å². The molecule has 0 N–H and O–H groups in total. The molecule has 4 atom stereocenters. The Hall–Kier alpha value is -1.39. The Morgan fingerprint density at radius 2 is 1.76 bits per heavy atom. The second-order valence-corrected chi connectivity index (χ2v) is 7.45. The number of hydrogen-bond donors (Lipinski definition) is 0. The second-order valence-electron chi connectivity index (χ2n) is 7.45. The van der Waals surface area contributed by atoms with E-state index in [1.54, 1.807) is 4.90 Å². The van der Waals surface area contributed by atoms with Gasteiger partial charge in [-0.3, -0.25) is 9.59 Å². The van der Waals surface area contributed by atoms with Crippen LogP contribution in [0.4, 0.5) is 0 Å². The summed E-state index contributed by atoms with van der Waals surface area (Å²) in [6.07, 6.45) is 3.80. The van der Waals surface area contributed by atoms with Gasteiger partial charge in [0.2, 0.25) is 5.91 Å². The van der Waals surface area contributed by atoms with E-state index in [1.165, 1.54) is 7.11 Å². The van der Waals surface area contributed by atoms with Gasteiger partial charge < -0.3 is 9.64 Å². The maximum atomic E-state index is 12.2. The highest BCUT2D eigenvalue weighted by atomic mass is 16.5. The first-order chi connectivity index (χ1) is 9.79. The van der Waals surface area contributed by atoms with Crippen LogP contribution in [0.5, 0.6) is 0 Å². The first kappa shape index (κ1) is 14.5. The summed E-state index contributed by atoms with van der Waals surface area (Å²) >= 11 is 0. The van der Waals surface area contributed by atoms with Crippen LogP contribution in [0, 0.1) is 10.8 Å². The predicted octanol–water partition coefficient (Wildman–Crippen LogP) is 1.69. The van der Waals surface area contributed by atoms with Gasteiger partial charge in [-0.1, -0.05) is 13.8 Å². The zero-order valence-electron chi connectivity index (χ0n) is 13.0. The van der Waals surface area contributed by atoms with Crippen molar-refractivity contribution in [3.63, 3.8) is 0 Å². The van der Waals surface area contributed by atoms with Crippen molar-refractivity contribution in [3.8, 4) is 0 Å². The predicted molar refractivity (Wildman–Crippen MR) is 75.4 cm³/mol. The van der Waals surface area contributed by atoms with Gasteiger partial charge >= 0.3 is 5.97 Å². The number of methoxy groups -OCH3 is 1. The second kappa shape index (κ2) is 4.55.